The van der Waals surface area contributed by atoms with Crippen molar-refractivity contribution in [3.8, 4) is 0 Å². The van der Waals surface area contributed by atoms with E-state index >= 15 is 0 Å². The molecule has 0 radical (unpaired) electrons. The molecule has 0 aromatic rings. The number of alkyl halides is 1. The molecule has 0 saturated heterocycles. The molecule has 0 heterocycles. The molecule has 2 atom stereocenters. The van der Waals surface area contributed by atoms with Gasteiger partial charge in [0, 0.05) is 11.4 Å². The van der Waals surface area contributed by atoms with Gasteiger partial charge in [0.25, 0.3) is 0 Å². The highest BCUT2D eigenvalue weighted by Gasteiger charge is 2.27. The van der Waals surface area contributed by atoms with Crippen molar-refractivity contribution < 1.29 is 8.42 Å². The quantitative estimate of drug-likeness (QED) is 0.763. The van der Waals surface area contributed by atoms with Crippen LogP contribution in [-0.4, -0.2) is 25.5 Å². The largest absolute Gasteiger partial charge is 0.212 e. The smallest absolute Gasteiger partial charge is 0.211 e. The Morgan fingerprint density at radius 2 is 1.94 bits per heavy atom. The lowest BCUT2D eigenvalue weighted by atomic mass is 9.87. The summed E-state index contributed by atoms with van der Waals surface area (Å²) in [4.78, 5) is 0. The predicted octanol–water partition coefficient (Wildman–Crippen LogP) is 2.91. The van der Waals surface area contributed by atoms with Gasteiger partial charge in [0.1, 0.15) is 0 Å². The minimum absolute atomic E-state index is 0.139. The predicted molar refractivity (Wildman–Crippen MR) is 75.9 cm³/mol. The summed E-state index contributed by atoms with van der Waals surface area (Å²) in [5, 5.41) is 0.893. The van der Waals surface area contributed by atoms with Gasteiger partial charge in [-0.25, -0.2) is 13.1 Å². The van der Waals surface area contributed by atoms with Gasteiger partial charge in [-0.2, -0.15) is 0 Å². The van der Waals surface area contributed by atoms with Crippen molar-refractivity contribution in [3.05, 3.63) is 0 Å². The van der Waals surface area contributed by atoms with Gasteiger partial charge in [-0.3, -0.25) is 0 Å². The van der Waals surface area contributed by atoms with Crippen LogP contribution in [0.15, 0.2) is 0 Å². The standard InChI is InChI=1S/C12H24BrNO2S/c1-10(2)7-8-17(15,16)14-12-6-4-3-5-11(12)9-13/h10-12,14H,3-9H2,1-2H3. The topological polar surface area (TPSA) is 46.2 Å². The van der Waals surface area contributed by atoms with Crippen LogP contribution in [0.3, 0.4) is 0 Å². The monoisotopic (exact) mass is 325 g/mol. The molecule has 1 rings (SSSR count). The maximum Gasteiger partial charge on any atom is 0.211 e. The Kier molecular flexibility index (Phi) is 6.45. The number of rotatable bonds is 6. The van der Waals surface area contributed by atoms with E-state index in [0.29, 0.717) is 11.8 Å². The Morgan fingerprint density at radius 3 is 2.53 bits per heavy atom. The minimum atomic E-state index is -3.09. The summed E-state index contributed by atoms with van der Waals surface area (Å²) in [6.45, 7) is 4.11. The molecule has 1 N–H and O–H groups in total. The Labute approximate surface area is 114 Å². The Bertz CT molecular complexity index is 316. The van der Waals surface area contributed by atoms with Crippen molar-refractivity contribution in [2.45, 2.75) is 52.0 Å². The van der Waals surface area contributed by atoms with Crippen LogP contribution in [0.25, 0.3) is 0 Å². The van der Waals surface area contributed by atoms with E-state index in [0.717, 1.165) is 31.0 Å². The molecule has 0 bridgehead atoms. The summed E-state index contributed by atoms with van der Waals surface area (Å²) in [5.74, 6) is 1.15. The van der Waals surface area contributed by atoms with E-state index in [4.69, 9.17) is 0 Å². The molecule has 0 aliphatic heterocycles. The average Bonchev–Trinajstić information content (AvgIpc) is 2.27. The Morgan fingerprint density at radius 1 is 1.29 bits per heavy atom. The third-order valence-electron chi connectivity index (χ3n) is 3.40. The molecule has 0 spiro atoms. The van der Waals surface area contributed by atoms with Crippen LogP contribution in [0, 0.1) is 11.8 Å². The summed E-state index contributed by atoms with van der Waals surface area (Å²) in [5.41, 5.74) is 0. The molecule has 1 fully saturated rings. The average molecular weight is 326 g/mol. The van der Waals surface area contributed by atoms with Gasteiger partial charge in [-0.05, 0) is 31.1 Å². The molecule has 1 aliphatic carbocycles. The van der Waals surface area contributed by atoms with Crippen LogP contribution in [0.5, 0.6) is 0 Å². The van der Waals surface area contributed by atoms with Crippen LogP contribution < -0.4 is 4.72 Å². The first kappa shape index (κ1) is 15.4. The summed E-state index contributed by atoms with van der Waals surface area (Å²) in [7, 11) is -3.09. The first-order chi connectivity index (χ1) is 7.94. The van der Waals surface area contributed by atoms with Gasteiger partial charge in [0.2, 0.25) is 10.0 Å². The molecule has 1 saturated carbocycles. The summed E-state index contributed by atoms with van der Waals surface area (Å²) in [6.07, 6.45) is 5.21. The fraction of sp³-hybridized carbons (Fsp3) is 1.00. The van der Waals surface area contributed by atoms with Gasteiger partial charge >= 0.3 is 0 Å². The fourth-order valence-electron chi connectivity index (χ4n) is 2.23. The van der Waals surface area contributed by atoms with Crippen LogP contribution in [-0.2, 0) is 10.0 Å². The molecule has 102 valence electrons. The van der Waals surface area contributed by atoms with Gasteiger partial charge < -0.3 is 0 Å². The molecule has 0 amide bonds. The number of hydrogen-bond acceptors (Lipinski definition) is 2. The highest BCUT2D eigenvalue weighted by molar-refractivity contribution is 9.09. The second kappa shape index (κ2) is 7.10. The zero-order valence-electron chi connectivity index (χ0n) is 10.8. The van der Waals surface area contributed by atoms with Gasteiger partial charge in [-0.1, -0.05) is 42.6 Å². The first-order valence-electron chi connectivity index (χ1n) is 6.50. The van der Waals surface area contributed by atoms with Crippen molar-refractivity contribution in [2.75, 3.05) is 11.1 Å². The van der Waals surface area contributed by atoms with Crippen molar-refractivity contribution in [2.24, 2.45) is 11.8 Å². The summed E-state index contributed by atoms with van der Waals surface area (Å²) < 4.78 is 26.8. The molecule has 2 unspecified atom stereocenters. The van der Waals surface area contributed by atoms with E-state index in [1.807, 2.05) is 0 Å². The maximum absolute atomic E-state index is 11.9. The van der Waals surface area contributed by atoms with Crippen molar-refractivity contribution >= 4 is 26.0 Å². The molecule has 0 aromatic heterocycles. The van der Waals surface area contributed by atoms with Gasteiger partial charge in [0.05, 0.1) is 5.75 Å². The zero-order valence-corrected chi connectivity index (χ0v) is 13.2. The highest BCUT2D eigenvalue weighted by atomic mass is 79.9. The van der Waals surface area contributed by atoms with Gasteiger partial charge in [0.15, 0.2) is 0 Å². The maximum atomic E-state index is 11.9. The van der Waals surface area contributed by atoms with E-state index in [1.54, 1.807) is 0 Å². The van der Waals surface area contributed by atoms with E-state index in [-0.39, 0.29) is 11.8 Å². The third-order valence-corrected chi connectivity index (χ3v) is 5.67. The molecule has 5 heteroatoms. The summed E-state index contributed by atoms with van der Waals surface area (Å²) in [6, 6.07) is 0.139. The molecular weight excluding hydrogens is 302 g/mol. The highest BCUT2D eigenvalue weighted by Crippen LogP contribution is 2.26. The van der Waals surface area contributed by atoms with Crippen LogP contribution in [0.1, 0.15) is 46.0 Å². The number of nitrogens with one attached hydrogen (secondary N) is 1. The van der Waals surface area contributed by atoms with Crippen molar-refractivity contribution in [1.29, 1.82) is 0 Å². The van der Waals surface area contributed by atoms with E-state index in [1.165, 1.54) is 6.42 Å². The normalized spacial score (nSPS) is 26.4. The summed E-state index contributed by atoms with van der Waals surface area (Å²) >= 11 is 3.49. The van der Waals surface area contributed by atoms with Gasteiger partial charge in [-0.15, -0.1) is 0 Å². The lowest BCUT2D eigenvalue weighted by molar-refractivity contribution is 0.316. The van der Waals surface area contributed by atoms with Crippen molar-refractivity contribution in [3.63, 3.8) is 0 Å². The second-order valence-corrected chi connectivity index (χ2v) is 7.95. The molecule has 0 aromatic carbocycles. The number of sulfonamides is 1. The lowest BCUT2D eigenvalue weighted by Crippen LogP contribution is -2.43. The fourth-order valence-corrected chi connectivity index (χ4v) is 4.67. The second-order valence-electron chi connectivity index (χ2n) is 5.42. The van der Waals surface area contributed by atoms with E-state index in [9.17, 15) is 8.42 Å². The molecular formula is C12H24BrNO2S. The number of halogens is 1. The SMILES string of the molecule is CC(C)CCS(=O)(=O)NC1CCCCC1CBr. The Balaban J connectivity index is 2.50. The minimum Gasteiger partial charge on any atom is -0.212 e. The number of hydrogen-bond donors (Lipinski definition) is 1. The van der Waals surface area contributed by atoms with Crippen molar-refractivity contribution in [1.82, 2.24) is 4.72 Å². The van der Waals surface area contributed by atoms with Crippen LogP contribution in [0.4, 0.5) is 0 Å². The lowest BCUT2D eigenvalue weighted by Gasteiger charge is -2.30. The first-order valence-corrected chi connectivity index (χ1v) is 9.28. The molecule has 1 aliphatic rings. The Hall–Kier alpha value is 0.390. The van der Waals surface area contributed by atoms with E-state index in [2.05, 4.69) is 34.5 Å². The van der Waals surface area contributed by atoms with E-state index < -0.39 is 10.0 Å². The van der Waals surface area contributed by atoms with Crippen LogP contribution in [0.2, 0.25) is 0 Å². The van der Waals surface area contributed by atoms with Crippen LogP contribution >= 0.6 is 15.9 Å². The molecule has 17 heavy (non-hydrogen) atoms. The third kappa shape index (κ3) is 5.71. The molecule has 3 nitrogen and oxygen atoms in total. The zero-order chi connectivity index (χ0) is 12.9.